The van der Waals surface area contributed by atoms with Crippen LogP contribution in [0.1, 0.15) is 22.8 Å². The summed E-state index contributed by atoms with van der Waals surface area (Å²) in [6, 6.07) is 6.69. The van der Waals surface area contributed by atoms with E-state index in [9.17, 15) is 31.2 Å². The Bertz CT molecular complexity index is 1100. The number of sulfonamides is 1. The van der Waals surface area contributed by atoms with Crippen molar-refractivity contribution in [2.24, 2.45) is 0 Å². The van der Waals surface area contributed by atoms with Crippen LogP contribution in [0.5, 0.6) is 0 Å². The van der Waals surface area contributed by atoms with Crippen molar-refractivity contribution >= 4 is 15.9 Å². The number of halogens is 3. The van der Waals surface area contributed by atoms with Crippen molar-refractivity contribution in [3.8, 4) is 5.69 Å². The molecule has 2 aromatic rings. The number of alkyl halides is 3. The molecule has 30 heavy (non-hydrogen) atoms. The quantitative estimate of drug-likeness (QED) is 0.724. The fourth-order valence-corrected chi connectivity index (χ4v) is 4.27. The van der Waals surface area contributed by atoms with Crippen LogP contribution < -0.4 is 5.56 Å². The van der Waals surface area contributed by atoms with Gasteiger partial charge < -0.3 is 4.90 Å². The number of carbonyl (C=O) groups excluding carboxylic acids is 1. The second kappa shape index (κ2) is 8.23. The Labute approximate surface area is 171 Å². The van der Waals surface area contributed by atoms with E-state index in [0.717, 1.165) is 22.8 Å². The summed E-state index contributed by atoms with van der Waals surface area (Å²) < 4.78 is 65.1. The number of aromatic nitrogens is 1. The highest BCUT2D eigenvalue weighted by molar-refractivity contribution is 7.89. The van der Waals surface area contributed by atoms with Gasteiger partial charge in [-0.3, -0.25) is 14.2 Å². The fourth-order valence-electron chi connectivity index (χ4n) is 3.18. The van der Waals surface area contributed by atoms with Gasteiger partial charge in [0.1, 0.15) is 0 Å². The molecule has 1 aromatic heterocycles. The predicted molar refractivity (Wildman–Crippen MR) is 104 cm³/mol. The summed E-state index contributed by atoms with van der Waals surface area (Å²) in [5, 5.41) is 0. The third-order valence-corrected chi connectivity index (χ3v) is 6.78. The maximum Gasteiger partial charge on any atom is 0.416 e. The Morgan fingerprint density at radius 3 is 2.33 bits per heavy atom. The first-order chi connectivity index (χ1) is 14.0. The standard InChI is InChI=1S/C19H20F3N3O4S/c1-2-30(28,29)24-10-8-23(9-11-24)18(27)14-6-7-17(26)25(13-14)16-5-3-4-15(12-16)19(20,21)22/h3-7,12-13H,2,8-11H2,1H3. The summed E-state index contributed by atoms with van der Waals surface area (Å²) in [5.74, 6) is -0.452. The Morgan fingerprint density at radius 2 is 1.73 bits per heavy atom. The van der Waals surface area contributed by atoms with Gasteiger partial charge in [0.25, 0.3) is 11.5 Å². The van der Waals surface area contributed by atoms with Crippen molar-refractivity contribution in [2.75, 3.05) is 31.9 Å². The number of piperazine rings is 1. The monoisotopic (exact) mass is 443 g/mol. The maximum absolute atomic E-state index is 13.0. The molecule has 1 saturated heterocycles. The zero-order chi connectivity index (χ0) is 22.1. The number of nitrogens with zero attached hydrogens (tertiary/aromatic N) is 3. The van der Waals surface area contributed by atoms with Crippen LogP contribution in [0.4, 0.5) is 13.2 Å². The zero-order valence-corrected chi connectivity index (χ0v) is 16.9. The molecule has 0 spiro atoms. The molecule has 3 rings (SSSR count). The second-order valence-corrected chi connectivity index (χ2v) is 9.02. The van der Waals surface area contributed by atoms with Gasteiger partial charge >= 0.3 is 6.18 Å². The van der Waals surface area contributed by atoms with Crippen LogP contribution in [-0.2, 0) is 16.2 Å². The summed E-state index contributed by atoms with van der Waals surface area (Å²) in [7, 11) is -3.34. The van der Waals surface area contributed by atoms with Gasteiger partial charge in [0, 0.05) is 44.1 Å². The molecule has 7 nitrogen and oxygen atoms in total. The van der Waals surface area contributed by atoms with Gasteiger partial charge in [-0.25, -0.2) is 8.42 Å². The first kappa shape index (κ1) is 22.0. The number of hydrogen-bond donors (Lipinski definition) is 0. The van der Waals surface area contributed by atoms with E-state index in [1.807, 2.05) is 0 Å². The minimum absolute atomic E-state index is 0.0108. The maximum atomic E-state index is 13.0. The van der Waals surface area contributed by atoms with Crippen molar-refractivity contribution < 1.29 is 26.4 Å². The molecule has 0 atom stereocenters. The van der Waals surface area contributed by atoms with Gasteiger partial charge in [-0.15, -0.1) is 0 Å². The highest BCUT2D eigenvalue weighted by atomic mass is 32.2. The van der Waals surface area contributed by atoms with E-state index in [1.54, 1.807) is 6.92 Å². The SMILES string of the molecule is CCS(=O)(=O)N1CCN(C(=O)c2ccc(=O)n(-c3cccc(C(F)(F)F)c3)c2)CC1. The number of benzene rings is 1. The predicted octanol–water partition coefficient (Wildman–Crippen LogP) is 1.96. The number of hydrogen-bond acceptors (Lipinski definition) is 4. The average Bonchev–Trinajstić information content (AvgIpc) is 2.73. The normalized spacial score (nSPS) is 15.9. The van der Waals surface area contributed by atoms with E-state index in [-0.39, 0.29) is 43.2 Å². The van der Waals surface area contributed by atoms with Crippen molar-refractivity contribution in [3.05, 3.63) is 64.1 Å². The van der Waals surface area contributed by atoms with E-state index < -0.39 is 33.2 Å². The first-order valence-corrected chi connectivity index (χ1v) is 10.8. The van der Waals surface area contributed by atoms with Crippen LogP contribution in [0.2, 0.25) is 0 Å². The Hall–Kier alpha value is -2.66. The highest BCUT2D eigenvalue weighted by Gasteiger charge is 2.31. The van der Waals surface area contributed by atoms with Crippen LogP contribution in [-0.4, -0.2) is 60.0 Å². The molecule has 1 aliphatic rings. The molecule has 0 bridgehead atoms. The van der Waals surface area contributed by atoms with Crippen molar-refractivity contribution in [3.63, 3.8) is 0 Å². The highest BCUT2D eigenvalue weighted by Crippen LogP contribution is 2.30. The molecule has 1 aliphatic heterocycles. The topological polar surface area (TPSA) is 79.7 Å². The molecular weight excluding hydrogens is 423 g/mol. The lowest BCUT2D eigenvalue weighted by molar-refractivity contribution is -0.137. The molecule has 2 heterocycles. The largest absolute Gasteiger partial charge is 0.416 e. The molecule has 0 saturated carbocycles. The van der Waals surface area contributed by atoms with E-state index in [0.29, 0.717) is 0 Å². The Kier molecular flexibility index (Phi) is 6.04. The van der Waals surface area contributed by atoms with Crippen molar-refractivity contribution in [1.82, 2.24) is 13.8 Å². The summed E-state index contributed by atoms with van der Waals surface area (Å²) in [6.07, 6.45) is -3.36. The molecule has 0 aliphatic carbocycles. The van der Waals surface area contributed by atoms with Crippen LogP contribution in [0.15, 0.2) is 47.4 Å². The molecule has 0 radical (unpaired) electrons. The average molecular weight is 443 g/mol. The molecule has 0 N–H and O–H groups in total. The fraction of sp³-hybridized carbons (Fsp3) is 0.368. The third-order valence-electron chi connectivity index (χ3n) is 4.89. The van der Waals surface area contributed by atoms with E-state index in [2.05, 4.69) is 0 Å². The van der Waals surface area contributed by atoms with E-state index >= 15 is 0 Å². The lowest BCUT2D eigenvalue weighted by atomic mass is 10.1. The van der Waals surface area contributed by atoms with Gasteiger partial charge in [0.15, 0.2) is 0 Å². The van der Waals surface area contributed by atoms with E-state index in [4.69, 9.17) is 0 Å². The summed E-state index contributed by atoms with van der Waals surface area (Å²) in [6.45, 7) is 2.23. The first-order valence-electron chi connectivity index (χ1n) is 9.20. The van der Waals surface area contributed by atoms with Crippen LogP contribution in [0, 0.1) is 0 Å². The summed E-state index contributed by atoms with van der Waals surface area (Å²) >= 11 is 0. The molecular formula is C19H20F3N3O4S. The third kappa shape index (κ3) is 4.57. The Morgan fingerprint density at radius 1 is 1.07 bits per heavy atom. The molecule has 1 fully saturated rings. The minimum Gasteiger partial charge on any atom is -0.336 e. The number of pyridine rings is 1. The summed E-state index contributed by atoms with van der Waals surface area (Å²) in [4.78, 5) is 26.5. The van der Waals surface area contributed by atoms with Crippen molar-refractivity contribution in [1.29, 1.82) is 0 Å². The van der Waals surface area contributed by atoms with Gasteiger partial charge in [-0.1, -0.05) is 6.07 Å². The molecule has 11 heteroatoms. The van der Waals surface area contributed by atoms with Gasteiger partial charge in [-0.05, 0) is 31.2 Å². The van der Waals surface area contributed by atoms with Crippen LogP contribution in [0.3, 0.4) is 0 Å². The second-order valence-electron chi connectivity index (χ2n) is 6.77. The lowest BCUT2D eigenvalue weighted by Crippen LogP contribution is -2.51. The van der Waals surface area contributed by atoms with Crippen LogP contribution >= 0.6 is 0 Å². The smallest absolute Gasteiger partial charge is 0.336 e. The number of amides is 1. The van der Waals surface area contributed by atoms with Gasteiger partial charge in [0.2, 0.25) is 10.0 Å². The molecule has 1 amide bonds. The van der Waals surface area contributed by atoms with E-state index in [1.165, 1.54) is 33.6 Å². The van der Waals surface area contributed by atoms with Crippen molar-refractivity contribution in [2.45, 2.75) is 13.1 Å². The number of carbonyl (C=O) groups is 1. The minimum atomic E-state index is -4.56. The Balaban J connectivity index is 1.84. The van der Waals surface area contributed by atoms with Gasteiger partial charge in [-0.2, -0.15) is 17.5 Å². The number of rotatable bonds is 4. The molecule has 162 valence electrons. The molecule has 1 aromatic carbocycles. The zero-order valence-electron chi connectivity index (χ0n) is 16.1. The van der Waals surface area contributed by atoms with Crippen LogP contribution in [0.25, 0.3) is 5.69 Å². The molecule has 0 unspecified atom stereocenters. The van der Waals surface area contributed by atoms with Gasteiger partial charge in [0.05, 0.1) is 16.9 Å². The summed E-state index contributed by atoms with van der Waals surface area (Å²) in [5.41, 5.74) is -1.37. The lowest BCUT2D eigenvalue weighted by Gasteiger charge is -2.33.